The first-order valence-electron chi connectivity index (χ1n) is 8.66. The molecule has 0 aliphatic rings. The molecule has 0 saturated carbocycles. The lowest BCUT2D eigenvalue weighted by atomic mass is 9.98. The lowest BCUT2D eigenvalue weighted by molar-refractivity contribution is 0.467. The van der Waals surface area contributed by atoms with Crippen LogP contribution in [0.1, 0.15) is 37.0 Å². The summed E-state index contributed by atoms with van der Waals surface area (Å²) in [6, 6.07) is 13.0. The van der Waals surface area contributed by atoms with Crippen molar-refractivity contribution in [2.75, 3.05) is 5.43 Å². The Hall–Kier alpha value is -3.08. The van der Waals surface area contributed by atoms with Crippen LogP contribution in [0, 0.1) is 6.92 Å². The van der Waals surface area contributed by atoms with Crippen molar-refractivity contribution < 1.29 is 9.52 Å². The molecule has 1 aromatic heterocycles. The average Bonchev–Trinajstić information content (AvgIpc) is 2.64. The summed E-state index contributed by atoms with van der Waals surface area (Å²) in [5, 5.41) is 15.8. The Morgan fingerprint density at radius 3 is 2.65 bits per heavy atom. The topological polar surface area (TPSA) is 74.8 Å². The lowest BCUT2D eigenvalue weighted by Crippen LogP contribution is -2.05. The number of nitrogens with zero attached hydrogens (tertiary/aromatic N) is 1. The van der Waals surface area contributed by atoms with E-state index < -0.39 is 5.63 Å². The standard InChI is InChI=1S/C21H22N2O3/c1-4-8-15-11-19(24)26-21-13(2)20(25)17(12-18(15)21)14(3)22-23-16-9-6-5-7-10-16/h5-7,9-12,23,25H,4,8H2,1-3H3/b22-14-. The highest BCUT2D eigenvalue weighted by molar-refractivity contribution is 6.05. The van der Waals surface area contributed by atoms with Crippen LogP contribution in [-0.4, -0.2) is 10.8 Å². The summed E-state index contributed by atoms with van der Waals surface area (Å²) in [7, 11) is 0. The number of phenolic OH excluding ortho intramolecular Hbond substituents is 1. The van der Waals surface area contributed by atoms with Gasteiger partial charge in [-0.05, 0) is 44.0 Å². The fourth-order valence-electron chi connectivity index (χ4n) is 2.98. The van der Waals surface area contributed by atoms with Gasteiger partial charge in [0.15, 0.2) is 0 Å². The van der Waals surface area contributed by atoms with E-state index in [1.807, 2.05) is 43.3 Å². The molecule has 0 bridgehead atoms. The number of aryl methyl sites for hydroxylation is 2. The Bertz CT molecular complexity index is 1020. The van der Waals surface area contributed by atoms with Crippen LogP contribution < -0.4 is 11.1 Å². The first-order chi connectivity index (χ1) is 12.5. The molecule has 0 aliphatic carbocycles. The Morgan fingerprint density at radius 1 is 1.23 bits per heavy atom. The molecular weight excluding hydrogens is 328 g/mol. The molecule has 3 rings (SSSR count). The zero-order chi connectivity index (χ0) is 18.7. The van der Waals surface area contributed by atoms with Gasteiger partial charge in [0.05, 0.1) is 11.4 Å². The van der Waals surface area contributed by atoms with Crippen molar-refractivity contribution in [3.05, 3.63) is 69.6 Å². The van der Waals surface area contributed by atoms with Gasteiger partial charge in [-0.25, -0.2) is 4.79 Å². The third-order valence-corrected chi connectivity index (χ3v) is 4.36. The fourth-order valence-corrected chi connectivity index (χ4v) is 2.98. The van der Waals surface area contributed by atoms with Crippen molar-refractivity contribution >= 4 is 22.4 Å². The zero-order valence-corrected chi connectivity index (χ0v) is 15.2. The van der Waals surface area contributed by atoms with E-state index in [1.54, 1.807) is 6.92 Å². The monoisotopic (exact) mass is 350 g/mol. The van der Waals surface area contributed by atoms with Crippen LogP contribution in [0.4, 0.5) is 5.69 Å². The van der Waals surface area contributed by atoms with Crippen LogP contribution in [0.2, 0.25) is 0 Å². The maximum Gasteiger partial charge on any atom is 0.336 e. The van der Waals surface area contributed by atoms with Crippen molar-refractivity contribution in [2.24, 2.45) is 5.10 Å². The molecule has 0 aliphatic heterocycles. The zero-order valence-electron chi connectivity index (χ0n) is 15.2. The molecule has 0 amide bonds. The van der Waals surface area contributed by atoms with Crippen molar-refractivity contribution in [1.29, 1.82) is 0 Å². The second-order valence-corrected chi connectivity index (χ2v) is 6.29. The van der Waals surface area contributed by atoms with Crippen LogP contribution in [0.25, 0.3) is 11.0 Å². The number of hydrazone groups is 1. The second kappa shape index (κ2) is 7.44. The third-order valence-electron chi connectivity index (χ3n) is 4.36. The number of phenols is 1. The molecule has 2 aromatic carbocycles. The lowest BCUT2D eigenvalue weighted by Gasteiger charge is -2.12. The van der Waals surface area contributed by atoms with Gasteiger partial charge in [-0.15, -0.1) is 0 Å². The third kappa shape index (κ3) is 3.47. The van der Waals surface area contributed by atoms with Crippen LogP contribution in [0.5, 0.6) is 5.75 Å². The normalized spacial score (nSPS) is 11.7. The van der Waals surface area contributed by atoms with Gasteiger partial charge < -0.3 is 9.52 Å². The number of anilines is 1. The molecule has 3 aromatic rings. The first-order valence-corrected chi connectivity index (χ1v) is 8.66. The number of benzene rings is 2. The smallest absolute Gasteiger partial charge is 0.336 e. The highest BCUT2D eigenvalue weighted by Gasteiger charge is 2.16. The minimum atomic E-state index is -0.396. The van der Waals surface area contributed by atoms with Crippen LogP contribution in [0.15, 0.2) is 56.8 Å². The summed E-state index contributed by atoms with van der Waals surface area (Å²) in [5.41, 5.74) is 6.62. The molecule has 1 heterocycles. The summed E-state index contributed by atoms with van der Waals surface area (Å²) in [5.74, 6) is 0.0745. The Kier molecular flexibility index (Phi) is 5.07. The van der Waals surface area contributed by atoms with E-state index in [9.17, 15) is 9.90 Å². The van der Waals surface area contributed by atoms with Crippen molar-refractivity contribution in [2.45, 2.75) is 33.6 Å². The summed E-state index contributed by atoms with van der Waals surface area (Å²) in [6.07, 6.45) is 1.68. The quantitative estimate of drug-likeness (QED) is 0.401. The summed E-state index contributed by atoms with van der Waals surface area (Å²) in [4.78, 5) is 11.8. The largest absolute Gasteiger partial charge is 0.507 e. The van der Waals surface area contributed by atoms with Gasteiger partial charge in [-0.2, -0.15) is 5.10 Å². The average molecular weight is 350 g/mol. The molecule has 0 saturated heterocycles. The van der Waals surface area contributed by atoms with E-state index in [2.05, 4.69) is 17.5 Å². The van der Waals surface area contributed by atoms with Crippen molar-refractivity contribution in [1.82, 2.24) is 0 Å². The van der Waals surface area contributed by atoms with Gasteiger partial charge in [0, 0.05) is 22.6 Å². The molecule has 0 unspecified atom stereocenters. The molecular formula is C21H22N2O3. The van der Waals surface area contributed by atoms with E-state index in [0.717, 1.165) is 29.5 Å². The molecule has 2 N–H and O–H groups in total. The van der Waals surface area contributed by atoms with E-state index in [-0.39, 0.29) is 5.75 Å². The maximum absolute atomic E-state index is 11.8. The predicted molar refractivity (Wildman–Crippen MR) is 105 cm³/mol. The molecule has 0 atom stereocenters. The number of hydrogen-bond acceptors (Lipinski definition) is 5. The fraction of sp³-hybridized carbons (Fsp3) is 0.238. The van der Waals surface area contributed by atoms with Crippen LogP contribution in [-0.2, 0) is 6.42 Å². The van der Waals surface area contributed by atoms with Crippen LogP contribution >= 0.6 is 0 Å². The van der Waals surface area contributed by atoms with Gasteiger partial charge in [-0.1, -0.05) is 31.5 Å². The van der Waals surface area contributed by atoms with Gasteiger partial charge in [-0.3, -0.25) is 5.43 Å². The molecule has 0 radical (unpaired) electrons. The van der Waals surface area contributed by atoms with E-state index in [0.29, 0.717) is 22.4 Å². The van der Waals surface area contributed by atoms with Crippen LogP contribution in [0.3, 0.4) is 0 Å². The molecule has 5 nitrogen and oxygen atoms in total. The molecule has 0 spiro atoms. The number of nitrogens with one attached hydrogen (secondary N) is 1. The minimum absolute atomic E-state index is 0.0745. The molecule has 134 valence electrons. The number of rotatable bonds is 5. The SMILES string of the molecule is CCCc1cc(=O)oc2c(C)c(O)c(/C(C)=N\Nc3ccccc3)cc12. The number of para-hydroxylation sites is 1. The number of aromatic hydroxyl groups is 1. The molecule has 5 heteroatoms. The Balaban J connectivity index is 2.11. The maximum atomic E-state index is 11.8. The summed E-state index contributed by atoms with van der Waals surface area (Å²) >= 11 is 0. The van der Waals surface area contributed by atoms with E-state index >= 15 is 0 Å². The van der Waals surface area contributed by atoms with Crippen molar-refractivity contribution in [3.8, 4) is 5.75 Å². The molecule has 0 fully saturated rings. The van der Waals surface area contributed by atoms with Gasteiger partial charge in [0.25, 0.3) is 0 Å². The van der Waals surface area contributed by atoms with E-state index in [4.69, 9.17) is 4.42 Å². The molecule has 26 heavy (non-hydrogen) atoms. The Morgan fingerprint density at radius 2 is 1.96 bits per heavy atom. The van der Waals surface area contributed by atoms with Gasteiger partial charge >= 0.3 is 5.63 Å². The van der Waals surface area contributed by atoms with Crippen molar-refractivity contribution in [3.63, 3.8) is 0 Å². The highest BCUT2D eigenvalue weighted by Crippen LogP contribution is 2.32. The highest BCUT2D eigenvalue weighted by atomic mass is 16.4. The predicted octanol–water partition coefficient (Wildman–Crippen LogP) is 4.60. The van der Waals surface area contributed by atoms with E-state index in [1.165, 1.54) is 6.07 Å². The first kappa shape index (κ1) is 17.7. The Labute approximate surface area is 152 Å². The van der Waals surface area contributed by atoms with Gasteiger partial charge in [0.2, 0.25) is 0 Å². The van der Waals surface area contributed by atoms with Gasteiger partial charge in [0.1, 0.15) is 11.3 Å². The minimum Gasteiger partial charge on any atom is -0.507 e. The number of fused-ring (bicyclic) bond motifs is 1. The summed E-state index contributed by atoms with van der Waals surface area (Å²) in [6.45, 7) is 5.64. The number of hydrogen-bond donors (Lipinski definition) is 2. The second-order valence-electron chi connectivity index (χ2n) is 6.29. The summed E-state index contributed by atoms with van der Waals surface area (Å²) < 4.78 is 5.35.